The number of hydrogen-bond donors (Lipinski definition) is 1. The Bertz CT molecular complexity index is 1100. The van der Waals surface area contributed by atoms with Gasteiger partial charge in [-0.3, -0.25) is 9.74 Å². The van der Waals surface area contributed by atoms with Crippen molar-refractivity contribution < 1.29 is 4.74 Å². The molecule has 0 radical (unpaired) electrons. The molecule has 1 saturated carbocycles. The number of ether oxygens (including phenoxy) is 1. The number of anilines is 1. The fourth-order valence-corrected chi connectivity index (χ4v) is 4.29. The summed E-state index contributed by atoms with van der Waals surface area (Å²) in [6.07, 6.45) is 3.29. The minimum atomic E-state index is -0.173. The lowest BCUT2D eigenvalue weighted by Crippen LogP contribution is -2.43. The van der Waals surface area contributed by atoms with Crippen LogP contribution in [0.3, 0.4) is 0 Å². The zero-order valence-corrected chi connectivity index (χ0v) is 16.8. The number of benzene rings is 2. The van der Waals surface area contributed by atoms with Gasteiger partial charge in [0, 0.05) is 16.7 Å². The van der Waals surface area contributed by atoms with Crippen LogP contribution in [-0.2, 0) is 5.54 Å². The molecule has 1 aliphatic carbocycles. The summed E-state index contributed by atoms with van der Waals surface area (Å²) in [6.45, 7) is 8.81. The minimum Gasteiger partial charge on any atom is -0.474 e. The van der Waals surface area contributed by atoms with Gasteiger partial charge in [0.15, 0.2) is 0 Å². The van der Waals surface area contributed by atoms with Crippen LogP contribution in [0.25, 0.3) is 27.2 Å². The van der Waals surface area contributed by atoms with Crippen LogP contribution in [0.4, 0.5) is 5.69 Å². The lowest BCUT2D eigenvalue weighted by atomic mass is 9.72. The van der Waals surface area contributed by atoms with Gasteiger partial charge >= 0.3 is 0 Å². The quantitative estimate of drug-likeness (QED) is 0.642. The fraction of sp³-hybridized carbons (Fsp3) is 0.280. The summed E-state index contributed by atoms with van der Waals surface area (Å²) < 4.78 is 5.88. The molecule has 2 N–H and O–H groups in total. The van der Waals surface area contributed by atoms with Gasteiger partial charge in [-0.25, -0.2) is 11.6 Å². The Kier molecular flexibility index (Phi) is 4.65. The van der Waals surface area contributed by atoms with E-state index in [1.807, 2.05) is 23.1 Å². The number of pyridine rings is 1. The lowest BCUT2D eigenvalue weighted by Gasteiger charge is -2.38. The van der Waals surface area contributed by atoms with Gasteiger partial charge in [0.25, 0.3) is 6.67 Å². The van der Waals surface area contributed by atoms with E-state index >= 15 is 0 Å². The molecule has 5 rings (SSSR count). The molecule has 0 atom stereocenters. The topological polar surface area (TPSA) is 55.7 Å². The molecule has 5 nitrogen and oxygen atoms in total. The second kappa shape index (κ2) is 7.47. The van der Waals surface area contributed by atoms with E-state index in [0.29, 0.717) is 25.7 Å². The molecule has 1 aromatic heterocycles. The molecule has 0 amide bonds. The standard InChI is InChI=1S/C25H24N4O/c1-27-17-29-14-15-30-24-22(29)16-21(18-6-3-2-4-7-18)23(28-24)19-8-10-20(11-9-19)25(26)12-5-13-25/h2-4,6-11,16H,5,12-15,17,26H2. The molecule has 30 heavy (non-hydrogen) atoms. The van der Waals surface area contributed by atoms with Gasteiger partial charge in [0.2, 0.25) is 5.88 Å². The first-order valence-corrected chi connectivity index (χ1v) is 10.4. The molecule has 5 heteroatoms. The van der Waals surface area contributed by atoms with E-state index in [-0.39, 0.29) is 5.54 Å². The second-order valence-electron chi connectivity index (χ2n) is 8.07. The molecular weight excluding hydrogens is 372 g/mol. The van der Waals surface area contributed by atoms with Crippen molar-refractivity contribution in [2.45, 2.75) is 24.8 Å². The normalized spacial score (nSPS) is 16.7. The predicted molar refractivity (Wildman–Crippen MR) is 119 cm³/mol. The summed E-state index contributed by atoms with van der Waals surface area (Å²) in [6, 6.07) is 20.9. The number of rotatable bonds is 4. The second-order valence-corrected chi connectivity index (χ2v) is 8.07. The van der Waals surface area contributed by atoms with E-state index < -0.39 is 0 Å². The Morgan fingerprint density at radius 3 is 2.50 bits per heavy atom. The third-order valence-corrected chi connectivity index (χ3v) is 6.21. The Morgan fingerprint density at radius 2 is 1.83 bits per heavy atom. The van der Waals surface area contributed by atoms with E-state index in [1.165, 1.54) is 12.0 Å². The maximum absolute atomic E-state index is 7.28. The average Bonchev–Trinajstić information content (AvgIpc) is 2.78. The molecule has 0 bridgehead atoms. The molecular formula is C25H24N4O. The highest BCUT2D eigenvalue weighted by molar-refractivity contribution is 5.85. The highest BCUT2D eigenvalue weighted by Gasteiger charge is 2.34. The Balaban J connectivity index is 1.63. The van der Waals surface area contributed by atoms with Gasteiger partial charge in [-0.05, 0) is 36.5 Å². The zero-order chi connectivity index (χ0) is 20.6. The molecule has 2 heterocycles. The molecule has 0 spiro atoms. The van der Waals surface area contributed by atoms with Crippen LogP contribution < -0.4 is 15.4 Å². The molecule has 2 aromatic carbocycles. The summed E-state index contributed by atoms with van der Waals surface area (Å²) in [5, 5.41) is 0. The predicted octanol–water partition coefficient (Wildman–Crippen LogP) is 4.83. The van der Waals surface area contributed by atoms with E-state index in [9.17, 15) is 0 Å². The third-order valence-electron chi connectivity index (χ3n) is 6.21. The molecule has 1 aliphatic heterocycles. The van der Waals surface area contributed by atoms with Gasteiger partial charge in [-0.2, -0.15) is 0 Å². The van der Waals surface area contributed by atoms with Crippen molar-refractivity contribution in [3.63, 3.8) is 0 Å². The third kappa shape index (κ3) is 3.20. The summed E-state index contributed by atoms with van der Waals surface area (Å²) in [7, 11) is 0. The molecule has 3 aromatic rings. The number of hydrogen-bond acceptors (Lipinski definition) is 4. The number of nitrogens with zero attached hydrogens (tertiary/aromatic N) is 3. The molecule has 0 saturated heterocycles. The summed E-state index contributed by atoms with van der Waals surface area (Å²) in [5.74, 6) is 0.595. The first-order valence-electron chi connectivity index (χ1n) is 10.4. The van der Waals surface area contributed by atoms with E-state index in [0.717, 1.165) is 40.9 Å². The smallest absolute Gasteiger partial charge is 0.289 e. The fourth-order valence-electron chi connectivity index (χ4n) is 4.29. The maximum Gasteiger partial charge on any atom is 0.289 e. The number of nitrogens with two attached hydrogens (primary N) is 1. The van der Waals surface area contributed by atoms with Gasteiger partial charge < -0.3 is 10.5 Å². The van der Waals surface area contributed by atoms with Crippen LogP contribution in [0.1, 0.15) is 24.8 Å². The Labute approximate surface area is 176 Å². The Hall–Kier alpha value is -3.36. The average molecular weight is 396 g/mol. The highest BCUT2D eigenvalue weighted by atomic mass is 16.5. The minimum absolute atomic E-state index is 0.173. The van der Waals surface area contributed by atoms with Crippen molar-refractivity contribution >= 4 is 5.69 Å². The Morgan fingerprint density at radius 1 is 1.07 bits per heavy atom. The van der Waals surface area contributed by atoms with Crippen LogP contribution >= 0.6 is 0 Å². The van der Waals surface area contributed by atoms with Crippen LogP contribution in [0, 0.1) is 6.57 Å². The van der Waals surface area contributed by atoms with Gasteiger partial charge in [-0.15, -0.1) is 0 Å². The highest BCUT2D eigenvalue weighted by Crippen LogP contribution is 2.42. The molecule has 150 valence electrons. The van der Waals surface area contributed by atoms with Crippen molar-refractivity contribution in [3.05, 3.63) is 77.6 Å². The monoisotopic (exact) mass is 396 g/mol. The number of aromatic nitrogens is 1. The maximum atomic E-state index is 7.28. The van der Waals surface area contributed by atoms with Gasteiger partial charge in [0.05, 0.1) is 12.2 Å². The summed E-state index contributed by atoms with van der Waals surface area (Å²) in [5.41, 5.74) is 12.5. The van der Waals surface area contributed by atoms with Crippen LogP contribution in [0.5, 0.6) is 5.88 Å². The largest absolute Gasteiger partial charge is 0.474 e. The zero-order valence-electron chi connectivity index (χ0n) is 16.8. The van der Waals surface area contributed by atoms with Crippen molar-refractivity contribution in [1.29, 1.82) is 0 Å². The first kappa shape index (κ1) is 18.7. The molecule has 2 aliphatic rings. The van der Waals surface area contributed by atoms with Crippen LogP contribution in [0.2, 0.25) is 0 Å². The summed E-state index contributed by atoms with van der Waals surface area (Å²) >= 11 is 0. The number of fused-ring (bicyclic) bond motifs is 1. The van der Waals surface area contributed by atoms with E-state index in [4.69, 9.17) is 22.0 Å². The van der Waals surface area contributed by atoms with E-state index in [1.54, 1.807) is 0 Å². The SMILES string of the molecule is [C-]#[N+]CN1CCOc2nc(-c3ccc(C4(N)CCC4)cc3)c(-c3ccccc3)cc21. The first-order chi connectivity index (χ1) is 14.7. The van der Waals surface area contributed by atoms with Crippen molar-refractivity contribution in [3.8, 4) is 28.3 Å². The molecule has 0 unspecified atom stereocenters. The van der Waals surface area contributed by atoms with Crippen LogP contribution in [0.15, 0.2) is 60.7 Å². The van der Waals surface area contributed by atoms with Crippen LogP contribution in [-0.4, -0.2) is 24.8 Å². The molecule has 1 fully saturated rings. The van der Waals surface area contributed by atoms with Gasteiger partial charge in [-0.1, -0.05) is 54.6 Å². The summed E-state index contributed by atoms with van der Waals surface area (Å²) in [4.78, 5) is 10.5. The van der Waals surface area contributed by atoms with Gasteiger partial charge in [0.1, 0.15) is 12.3 Å². The van der Waals surface area contributed by atoms with Crippen molar-refractivity contribution in [1.82, 2.24) is 4.98 Å². The van der Waals surface area contributed by atoms with Crippen molar-refractivity contribution in [2.75, 3.05) is 24.7 Å². The lowest BCUT2D eigenvalue weighted by molar-refractivity contribution is 0.253. The van der Waals surface area contributed by atoms with Crippen molar-refractivity contribution in [2.24, 2.45) is 5.73 Å². The van der Waals surface area contributed by atoms with E-state index in [2.05, 4.69) is 47.3 Å².